The van der Waals surface area contributed by atoms with Crippen molar-refractivity contribution >= 4 is 17.6 Å². The van der Waals surface area contributed by atoms with Crippen molar-refractivity contribution in [3.63, 3.8) is 0 Å². The SMILES string of the molecule is CCc1cc2c(c(F)c1-c1nn(C)c(OC(F)F)c1Cl)O2.COC(=O)C(C)(C)Oc1ccccc1. The molecule has 0 saturated heterocycles. The van der Waals surface area contributed by atoms with Crippen molar-refractivity contribution in [1.82, 2.24) is 9.78 Å². The van der Waals surface area contributed by atoms with Gasteiger partial charge in [0.05, 0.1) is 7.11 Å². The van der Waals surface area contributed by atoms with Gasteiger partial charge in [-0.05, 0) is 44.0 Å². The number of rotatable bonds is 7. The molecule has 0 aliphatic carbocycles. The number of aromatic nitrogens is 2. The number of esters is 1. The Labute approximate surface area is 205 Å². The number of hydrogen-bond donors (Lipinski definition) is 0. The van der Waals surface area contributed by atoms with Gasteiger partial charge in [0.15, 0.2) is 17.2 Å². The van der Waals surface area contributed by atoms with Crippen LogP contribution in [-0.4, -0.2) is 35.1 Å². The molecule has 0 atom stereocenters. The lowest BCUT2D eigenvalue weighted by atomic mass is 10.0. The van der Waals surface area contributed by atoms with E-state index in [-0.39, 0.29) is 33.9 Å². The molecule has 0 spiro atoms. The molecule has 188 valence electrons. The first kappa shape index (κ1) is 26.2. The largest absolute Gasteiger partial charge is 0.476 e. The summed E-state index contributed by atoms with van der Waals surface area (Å²) in [4.78, 5) is 11.3. The maximum atomic E-state index is 14.3. The average molecular weight is 513 g/mol. The summed E-state index contributed by atoms with van der Waals surface area (Å²) in [6, 6.07) is 10.9. The zero-order chi connectivity index (χ0) is 25.9. The molecule has 4 rings (SSSR count). The Bertz CT molecular complexity index is 1220. The van der Waals surface area contributed by atoms with Gasteiger partial charge >= 0.3 is 12.6 Å². The number of nitrogens with zero attached hydrogens (tertiary/aromatic N) is 2. The van der Waals surface area contributed by atoms with Crippen molar-refractivity contribution in [2.24, 2.45) is 7.05 Å². The molecule has 0 unspecified atom stereocenters. The molecule has 0 N–H and O–H groups in total. The lowest BCUT2D eigenvalue weighted by Crippen LogP contribution is -2.39. The molecule has 1 aliphatic rings. The van der Waals surface area contributed by atoms with Gasteiger partial charge in [-0.15, -0.1) is 0 Å². The van der Waals surface area contributed by atoms with Crippen LogP contribution in [0.4, 0.5) is 13.2 Å². The Hall–Kier alpha value is -3.40. The average Bonchev–Trinajstić information content (AvgIpc) is 3.55. The molecule has 0 amide bonds. The van der Waals surface area contributed by atoms with Crippen molar-refractivity contribution in [1.29, 1.82) is 0 Å². The van der Waals surface area contributed by atoms with Crippen LogP contribution < -0.4 is 14.2 Å². The number of fused-ring (bicyclic) bond motifs is 1. The predicted molar refractivity (Wildman–Crippen MR) is 123 cm³/mol. The normalized spacial score (nSPS) is 11.7. The van der Waals surface area contributed by atoms with Gasteiger partial charge in [0, 0.05) is 12.6 Å². The fourth-order valence-electron chi connectivity index (χ4n) is 3.28. The van der Waals surface area contributed by atoms with E-state index in [1.807, 2.05) is 25.1 Å². The summed E-state index contributed by atoms with van der Waals surface area (Å²) >= 11 is 6.03. The van der Waals surface area contributed by atoms with Crippen molar-refractivity contribution in [2.45, 2.75) is 39.4 Å². The van der Waals surface area contributed by atoms with E-state index in [9.17, 15) is 18.0 Å². The minimum absolute atomic E-state index is 0.0578. The second kappa shape index (κ2) is 10.5. The number of aryl methyl sites for hydroxylation is 2. The van der Waals surface area contributed by atoms with Gasteiger partial charge in [-0.3, -0.25) is 0 Å². The number of hydrogen-bond acceptors (Lipinski definition) is 6. The number of ether oxygens (including phenoxy) is 4. The molecule has 1 aromatic heterocycles. The molecule has 2 aromatic carbocycles. The quantitative estimate of drug-likeness (QED) is 0.218. The summed E-state index contributed by atoms with van der Waals surface area (Å²) in [5.74, 6) is -0.0180. The van der Waals surface area contributed by atoms with Crippen LogP contribution in [0.15, 0.2) is 36.4 Å². The monoisotopic (exact) mass is 512 g/mol. The summed E-state index contributed by atoms with van der Waals surface area (Å²) in [5, 5.41) is 3.84. The molecule has 2 heterocycles. The minimum Gasteiger partial charge on any atom is -0.476 e. The Morgan fingerprint density at radius 2 is 1.91 bits per heavy atom. The summed E-state index contributed by atoms with van der Waals surface area (Å²) in [7, 11) is 2.74. The maximum Gasteiger partial charge on any atom is 0.388 e. The summed E-state index contributed by atoms with van der Waals surface area (Å²) in [5.41, 5.74) is -0.107. The Morgan fingerprint density at radius 1 is 1.26 bits per heavy atom. The third-order valence-corrected chi connectivity index (χ3v) is 5.33. The van der Waals surface area contributed by atoms with Crippen LogP contribution in [-0.2, 0) is 23.0 Å². The molecule has 11 heteroatoms. The molecule has 1 aliphatic heterocycles. The number of carbonyl (C=O) groups is 1. The standard InChI is InChI=1S/C13H10ClF3N2O2.C11H14O3/c1-3-5-4-6-11(20-6)9(15)7(5)10-8(14)12(19(2)18-10)21-13(16)17;1-11(2,10(12)13-3)14-9-7-5-4-6-8-9/h4,13H,3H2,1-2H3;4-8H,1-3H3. The van der Waals surface area contributed by atoms with E-state index in [0.717, 1.165) is 4.68 Å². The Kier molecular flexibility index (Phi) is 7.84. The summed E-state index contributed by atoms with van der Waals surface area (Å²) < 4.78 is 59.6. The first-order valence-electron chi connectivity index (χ1n) is 10.5. The number of alkyl halides is 2. The van der Waals surface area contributed by atoms with Gasteiger partial charge in [-0.25, -0.2) is 13.9 Å². The van der Waals surface area contributed by atoms with Gasteiger partial charge in [-0.2, -0.15) is 13.9 Å². The van der Waals surface area contributed by atoms with Crippen LogP contribution in [0.3, 0.4) is 0 Å². The third-order valence-electron chi connectivity index (χ3n) is 4.99. The fourth-order valence-corrected chi connectivity index (χ4v) is 3.58. The number of methoxy groups -OCH3 is 1. The zero-order valence-corrected chi connectivity index (χ0v) is 20.5. The van der Waals surface area contributed by atoms with Crippen LogP contribution in [0.5, 0.6) is 23.1 Å². The summed E-state index contributed by atoms with van der Waals surface area (Å²) in [6.07, 6.45) is 0.515. The van der Waals surface area contributed by atoms with Gasteiger partial charge in [0.25, 0.3) is 0 Å². The van der Waals surface area contributed by atoms with E-state index < -0.39 is 18.0 Å². The smallest absolute Gasteiger partial charge is 0.388 e. The highest BCUT2D eigenvalue weighted by molar-refractivity contribution is 6.34. The van der Waals surface area contributed by atoms with Gasteiger partial charge in [-0.1, -0.05) is 36.7 Å². The van der Waals surface area contributed by atoms with Gasteiger partial charge in [0.1, 0.15) is 16.5 Å². The second-order valence-corrected chi connectivity index (χ2v) is 8.27. The van der Waals surface area contributed by atoms with E-state index in [0.29, 0.717) is 23.5 Å². The van der Waals surface area contributed by atoms with Crippen LogP contribution in [0, 0.1) is 5.82 Å². The van der Waals surface area contributed by atoms with Crippen molar-refractivity contribution in [2.75, 3.05) is 7.11 Å². The third kappa shape index (κ3) is 5.82. The van der Waals surface area contributed by atoms with Gasteiger partial charge in [0.2, 0.25) is 11.6 Å². The first-order chi connectivity index (χ1) is 16.5. The van der Waals surface area contributed by atoms with E-state index >= 15 is 0 Å². The lowest BCUT2D eigenvalue weighted by Gasteiger charge is -2.23. The number of carbonyl (C=O) groups excluding carboxylic acids is 1. The van der Waals surface area contributed by atoms with E-state index in [2.05, 4.69) is 14.6 Å². The molecule has 0 bridgehead atoms. The zero-order valence-electron chi connectivity index (χ0n) is 19.7. The molecule has 3 aromatic rings. The second-order valence-electron chi connectivity index (χ2n) is 7.89. The topological polar surface area (TPSA) is 75.1 Å². The van der Waals surface area contributed by atoms with Crippen molar-refractivity contribution in [3.05, 3.63) is 52.8 Å². The predicted octanol–water partition coefficient (Wildman–Crippen LogP) is 6.17. The molecular weight excluding hydrogens is 489 g/mol. The lowest BCUT2D eigenvalue weighted by molar-refractivity contribution is -0.156. The summed E-state index contributed by atoms with van der Waals surface area (Å²) in [6.45, 7) is 2.14. The first-order valence-corrected chi connectivity index (χ1v) is 10.9. The molecule has 7 nitrogen and oxygen atoms in total. The molecule has 0 fully saturated rings. The van der Waals surface area contributed by atoms with Crippen molar-refractivity contribution < 1.29 is 36.9 Å². The minimum atomic E-state index is -3.04. The highest BCUT2D eigenvalue weighted by atomic mass is 35.5. The Morgan fingerprint density at radius 3 is 2.49 bits per heavy atom. The Balaban J connectivity index is 0.000000214. The molecular formula is C24H24ClF3N2O5. The highest BCUT2D eigenvalue weighted by Gasteiger charge is 2.34. The van der Waals surface area contributed by atoms with E-state index in [1.165, 1.54) is 14.2 Å². The van der Waals surface area contributed by atoms with Crippen LogP contribution >= 0.6 is 11.6 Å². The maximum absolute atomic E-state index is 14.3. The van der Waals surface area contributed by atoms with E-state index in [4.69, 9.17) is 21.1 Å². The van der Waals surface area contributed by atoms with E-state index in [1.54, 1.807) is 32.0 Å². The molecule has 0 radical (unpaired) electrons. The number of halogens is 4. The fraction of sp³-hybridized carbons (Fsp3) is 0.333. The van der Waals surface area contributed by atoms with Crippen LogP contribution in [0.25, 0.3) is 11.3 Å². The molecule has 35 heavy (non-hydrogen) atoms. The van der Waals surface area contributed by atoms with Crippen LogP contribution in [0.2, 0.25) is 5.02 Å². The molecule has 0 saturated carbocycles. The highest BCUT2D eigenvalue weighted by Crippen LogP contribution is 2.53. The van der Waals surface area contributed by atoms with Crippen LogP contribution in [0.1, 0.15) is 26.3 Å². The van der Waals surface area contributed by atoms with Crippen molar-refractivity contribution in [3.8, 4) is 34.4 Å². The number of benzene rings is 2. The van der Waals surface area contributed by atoms with Gasteiger partial charge < -0.3 is 18.9 Å². The number of para-hydroxylation sites is 1.